The zero-order valence-electron chi connectivity index (χ0n) is 17.3. The molecular weight excluding hydrogens is 341 g/mol. The Hall–Kier alpha value is -1.25. The normalized spacial score (nSPS) is 12.1. The van der Waals surface area contributed by atoms with Crippen LogP contribution in [0.1, 0.15) is 64.4 Å². The summed E-state index contributed by atoms with van der Waals surface area (Å²) >= 11 is 0. The van der Waals surface area contributed by atoms with Crippen molar-refractivity contribution in [3.8, 4) is 0 Å². The van der Waals surface area contributed by atoms with E-state index in [0.717, 1.165) is 0 Å². The van der Waals surface area contributed by atoms with Crippen LogP contribution >= 0.6 is 8.53 Å². The quantitative estimate of drug-likeness (QED) is 0.676. The molecule has 0 fully saturated rings. The standard InChI is InChI=1S/C22H32NO2P/c1-13(2)23(26(24)25)22(20-16(5)9-14(3)10-17(20)6)21-18(7)11-15(4)12-19(21)8/h9-13,22,24-25H,1-8H3. The minimum atomic E-state index is -2.22. The van der Waals surface area contributed by atoms with Crippen LogP contribution in [0.15, 0.2) is 24.3 Å². The third-order valence-corrected chi connectivity index (χ3v) is 6.13. The van der Waals surface area contributed by atoms with Crippen molar-refractivity contribution in [3.63, 3.8) is 0 Å². The molecule has 0 saturated carbocycles. The largest absolute Gasteiger partial charge is 0.338 e. The Kier molecular flexibility index (Phi) is 6.63. The molecule has 0 bridgehead atoms. The van der Waals surface area contributed by atoms with Crippen molar-refractivity contribution in [2.75, 3.05) is 0 Å². The first-order valence-corrected chi connectivity index (χ1v) is 10.4. The Balaban J connectivity index is 2.85. The molecule has 0 amide bonds. The van der Waals surface area contributed by atoms with Gasteiger partial charge in [-0.05, 0) is 88.8 Å². The zero-order chi connectivity index (χ0) is 19.8. The Morgan fingerprint density at radius 1 is 0.692 bits per heavy atom. The molecule has 142 valence electrons. The number of nitrogens with zero attached hydrogens (tertiary/aromatic N) is 1. The summed E-state index contributed by atoms with van der Waals surface area (Å²) in [5.41, 5.74) is 9.56. The summed E-state index contributed by atoms with van der Waals surface area (Å²) in [6, 6.07) is 8.56. The van der Waals surface area contributed by atoms with Gasteiger partial charge in [0.1, 0.15) is 0 Å². The highest BCUT2D eigenvalue weighted by Gasteiger charge is 2.34. The van der Waals surface area contributed by atoms with Crippen molar-refractivity contribution in [2.24, 2.45) is 0 Å². The molecule has 0 spiro atoms. The van der Waals surface area contributed by atoms with E-state index in [4.69, 9.17) is 0 Å². The molecule has 0 aliphatic rings. The molecule has 0 aromatic heterocycles. The molecule has 26 heavy (non-hydrogen) atoms. The maximum atomic E-state index is 10.3. The van der Waals surface area contributed by atoms with E-state index in [0.29, 0.717) is 0 Å². The molecule has 2 aromatic carbocycles. The van der Waals surface area contributed by atoms with Crippen LogP contribution in [0, 0.1) is 41.5 Å². The van der Waals surface area contributed by atoms with Gasteiger partial charge in [0, 0.05) is 6.04 Å². The highest BCUT2D eigenvalue weighted by Crippen LogP contribution is 2.47. The summed E-state index contributed by atoms with van der Waals surface area (Å²) in [6.45, 7) is 16.7. The highest BCUT2D eigenvalue weighted by atomic mass is 31.2. The lowest BCUT2D eigenvalue weighted by atomic mass is 9.85. The molecule has 0 atom stereocenters. The molecular formula is C22H32NO2P. The van der Waals surface area contributed by atoms with Crippen LogP contribution in [-0.4, -0.2) is 20.5 Å². The smallest absolute Gasteiger partial charge is 0.254 e. The molecule has 0 saturated heterocycles. The number of hydrogen-bond acceptors (Lipinski definition) is 3. The lowest BCUT2D eigenvalue weighted by molar-refractivity contribution is 0.260. The summed E-state index contributed by atoms with van der Waals surface area (Å²) in [7, 11) is -2.22. The second kappa shape index (κ2) is 8.19. The maximum Gasteiger partial charge on any atom is 0.254 e. The first kappa shape index (κ1) is 21.1. The first-order chi connectivity index (χ1) is 12.0. The average Bonchev–Trinajstić information content (AvgIpc) is 2.43. The van der Waals surface area contributed by atoms with E-state index in [9.17, 15) is 9.79 Å². The van der Waals surface area contributed by atoms with E-state index in [-0.39, 0.29) is 12.1 Å². The van der Waals surface area contributed by atoms with E-state index in [2.05, 4.69) is 65.8 Å². The van der Waals surface area contributed by atoms with Crippen LogP contribution in [0.3, 0.4) is 0 Å². The predicted octanol–water partition coefficient (Wildman–Crippen LogP) is 5.55. The predicted molar refractivity (Wildman–Crippen MR) is 111 cm³/mol. The number of benzene rings is 2. The molecule has 2 N–H and O–H groups in total. The van der Waals surface area contributed by atoms with Gasteiger partial charge in [-0.3, -0.25) is 0 Å². The van der Waals surface area contributed by atoms with Gasteiger partial charge in [0.2, 0.25) is 0 Å². The Morgan fingerprint density at radius 2 is 1.00 bits per heavy atom. The molecule has 0 radical (unpaired) electrons. The fourth-order valence-electron chi connectivity index (χ4n) is 4.26. The van der Waals surface area contributed by atoms with Gasteiger partial charge >= 0.3 is 0 Å². The molecule has 2 aromatic rings. The topological polar surface area (TPSA) is 43.7 Å². The van der Waals surface area contributed by atoms with Crippen LogP contribution in [-0.2, 0) is 0 Å². The minimum absolute atomic E-state index is 0.00122. The third kappa shape index (κ3) is 4.18. The maximum absolute atomic E-state index is 10.3. The van der Waals surface area contributed by atoms with Crippen LogP contribution < -0.4 is 0 Å². The van der Waals surface area contributed by atoms with Crippen LogP contribution in [0.5, 0.6) is 0 Å². The van der Waals surface area contributed by atoms with Gasteiger partial charge < -0.3 is 9.79 Å². The van der Waals surface area contributed by atoms with Crippen molar-refractivity contribution in [1.29, 1.82) is 0 Å². The SMILES string of the molecule is Cc1cc(C)c(C(c2c(C)cc(C)cc2C)N(C(C)C)P(O)O)c(C)c1. The Bertz CT molecular complexity index is 687. The lowest BCUT2D eigenvalue weighted by Crippen LogP contribution is -2.33. The van der Waals surface area contributed by atoms with Crippen LogP contribution in [0.25, 0.3) is 0 Å². The summed E-state index contributed by atoms with van der Waals surface area (Å²) < 4.78 is 1.85. The first-order valence-electron chi connectivity index (χ1n) is 9.16. The van der Waals surface area contributed by atoms with Crippen molar-refractivity contribution in [3.05, 3.63) is 68.8 Å². The van der Waals surface area contributed by atoms with Crippen molar-refractivity contribution in [2.45, 2.75) is 67.5 Å². The third-order valence-electron chi connectivity index (χ3n) is 5.02. The van der Waals surface area contributed by atoms with Gasteiger partial charge in [0.15, 0.2) is 0 Å². The molecule has 0 aliphatic heterocycles. The number of aryl methyl sites for hydroxylation is 6. The van der Waals surface area contributed by atoms with Gasteiger partial charge in [-0.15, -0.1) is 0 Å². The van der Waals surface area contributed by atoms with Gasteiger partial charge in [-0.1, -0.05) is 35.4 Å². The minimum Gasteiger partial charge on any atom is -0.338 e. The highest BCUT2D eigenvalue weighted by molar-refractivity contribution is 7.42. The van der Waals surface area contributed by atoms with Gasteiger partial charge in [-0.2, -0.15) is 0 Å². The van der Waals surface area contributed by atoms with Crippen LogP contribution in [0.4, 0.5) is 0 Å². The molecule has 0 unspecified atom stereocenters. The van der Waals surface area contributed by atoms with E-state index in [1.165, 1.54) is 44.5 Å². The molecule has 4 heteroatoms. The lowest BCUT2D eigenvalue weighted by Gasteiger charge is -2.38. The Morgan fingerprint density at radius 3 is 1.23 bits per heavy atom. The zero-order valence-corrected chi connectivity index (χ0v) is 18.1. The second-order valence-electron chi connectivity index (χ2n) is 7.77. The molecule has 2 rings (SSSR count). The Labute approximate surface area is 159 Å². The van der Waals surface area contributed by atoms with Gasteiger partial charge in [-0.25, -0.2) is 4.67 Å². The van der Waals surface area contributed by atoms with E-state index in [1.54, 1.807) is 0 Å². The van der Waals surface area contributed by atoms with Gasteiger partial charge in [0.05, 0.1) is 6.04 Å². The number of rotatable bonds is 5. The van der Waals surface area contributed by atoms with Crippen molar-refractivity contribution in [1.82, 2.24) is 4.67 Å². The average molecular weight is 373 g/mol. The van der Waals surface area contributed by atoms with E-state index in [1.807, 2.05) is 18.5 Å². The monoisotopic (exact) mass is 373 g/mol. The van der Waals surface area contributed by atoms with E-state index < -0.39 is 8.53 Å². The fraction of sp³-hybridized carbons (Fsp3) is 0.455. The van der Waals surface area contributed by atoms with Crippen molar-refractivity contribution >= 4 is 8.53 Å². The summed E-state index contributed by atoms with van der Waals surface area (Å²) in [5.74, 6) is 0. The summed E-state index contributed by atoms with van der Waals surface area (Å²) in [5, 5.41) is 0. The summed E-state index contributed by atoms with van der Waals surface area (Å²) in [4.78, 5) is 20.6. The van der Waals surface area contributed by atoms with Crippen molar-refractivity contribution < 1.29 is 9.79 Å². The molecule has 0 aliphatic carbocycles. The number of hydrogen-bond donors (Lipinski definition) is 2. The molecule has 3 nitrogen and oxygen atoms in total. The van der Waals surface area contributed by atoms with Gasteiger partial charge in [0.25, 0.3) is 8.53 Å². The fourth-order valence-corrected chi connectivity index (χ4v) is 5.11. The van der Waals surface area contributed by atoms with E-state index >= 15 is 0 Å². The second-order valence-corrected chi connectivity index (χ2v) is 8.77. The molecule has 0 heterocycles. The van der Waals surface area contributed by atoms with Crippen LogP contribution in [0.2, 0.25) is 0 Å². The summed E-state index contributed by atoms with van der Waals surface area (Å²) in [6.07, 6.45) is 0.